The molecule has 0 N–H and O–H groups in total. The van der Waals surface area contributed by atoms with Crippen molar-refractivity contribution in [1.29, 1.82) is 0 Å². The van der Waals surface area contributed by atoms with Gasteiger partial charge in [-0.3, -0.25) is 0 Å². The van der Waals surface area contributed by atoms with E-state index in [1.165, 1.54) is 0 Å². The molecule has 0 aliphatic rings. The van der Waals surface area contributed by atoms with Crippen molar-refractivity contribution < 1.29 is 9.15 Å². The Morgan fingerprint density at radius 3 is 2.77 bits per heavy atom. The molecule has 0 atom stereocenters. The molecule has 1 aromatic heterocycles. The van der Waals surface area contributed by atoms with Gasteiger partial charge in [0.2, 0.25) is 0 Å². The highest BCUT2D eigenvalue weighted by Gasteiger charge is 2.06. The summed E-state index contributed by atoms with van der Waals surface area (Å²) in [4.78, 5) is 0. The van der Waals surface area contributed by atoms with Crippen LogP contribution in [0.1, 0.15) is 5.76 Å². The molecule has 0 radical (unpaired) electrons. The first-order valence-electron chi connectivity index (χ1n) is 3.94. The Kier molecular flexibility index (Phi) is 1.93. The van der Waals surface area contributed by atoms with E-state index in [2.05, 4.69) is 0 Å². The number of ether oxygens (including phenoxy) is 1. The third-order valence-corrected chi connectivity index (χ3v) is 2.21. The summed E-state index contributed by atoms with van der Waals surface area (Å²) >= 11 is 5.93. The molecule has 3 heteroatoms. The van der Waals surface area contributed by atoms with Gasteiger partial charge in [-0.25, -0.2) is 0 Å². The van der Waals surface area contributed by atoms with Gasteiger partial charge in [-0.2, -0.15) is 0 Å². The summed E-state index contributed by atoms with van der Waals surface area (Å²) in [6.07, 6.45) is 0. The zero-order valence-corrected chi connectivity index (χ0v) is 8.18. The van der Waals surface area contributed by atoms with E-state index in [1.54, 1.807) is 13.2 Å². The summed E-state index contributed by atoms with van der Waals surface area (Å²) in [5, 5.41) is 1.59. The Hall–Kier alpha value is -1.15. The molecule has 0 aliphatic carbocycles. The molecule has 1 heterocycles. The molecule has 68 valence electrons. The molecule has 2 nitrogen and oxygen atoms in total. The molecule has 0 unspecified atom stereocenters. The lowest BCUT2D eigenvalue weighted by atomic mass is 10.2. The molecule has 0 amide bonds. The highest BCUT2D eigenvalue weighted by Crippen LogP contribution is 2.31. The average Bonchev–Trinajstić information content (AvgIpc) is 2.42. The van der Waals surface area contributed by atoms with E-state index < -0.39 is 0 Å². The van der Waals surface area contributed by atoms with E-state index in [9.17, 15) is 0 Å². The number of fused-ring (bicyclic) bond motifs is 1. The second kappa shape index (κ2) is 2.96. The highest BCUT2D eigenvalue weighted by atomic mass is 35.5. The Balaban J connectivity index is 2.72. The van der Waals surface area contributed by atoms with E-state index in [0.717, 1.165) is 16.7 Å². The molecule has 0 fully saturated rings. The first kappa shape index (κ1) is 8.45. The first-order chi connectivity index (χ1) is 6.20. The number of aryl methyl sites for hydroxylation is 1. The summed E-state index contributed by atoms with van der Waals surface area (Å²) in [7, 11) is 1.60. The van der Waals surface area contributed by atoms with E-state index in [1.807, 2.05) is 19.1 Å². The zero-order valence-electron chi connectivity index (χ0n) is 7.43. The number of hydrogen-bond acceptors (Lipinski definition) is 2. The Bertz CT molecular complexity index is 445. The van der Waals surface area contributed by atoms with Crippen LogP contribution in [0.15, 0.2) is 22.6 Å². The maximum Gasteiger partial charge on any atom is 0.138 e. The number of benzene rings is 1. The van der Waals surface area contributed by atoms with Crippen molar-refractivity contribution in [3.8, 4) is 5.75 Å². The molecule has 0 saturated heterocycles. The van der Waals surface area contributed by atoms with Gasteiger partial charge in [0, 0.05) is 11.5 Å². The summed E-state index contributed by atoms with van der Waals surface area (Å²) in [6.45, 7) is 1.90. The van der Waals surface area contributed by atoms with Crippen molar-refractivity contribution in [3.05, 3.63) is 29.0 Å². The van der Waals surface area contributed by atoms with E-state index in [0.29, 0.717) is 10.8 Å². The molecule has 0 bridgehead atoms. The molecule has 13 heavy (non-hydrogen) atoms. The maximum atomic E-state index is 5.93. The number of methoxy groups -OCH3 is 1. The van der Waals surface area contributed by atoms with Gasteiger partial charge < -0.3 is 9.15 Å². The van der Waals surface area contributed by atoms with E-state index in [4.69, 9.17) is 20.8 Å². The number of halogens is 1. The molecule has 0 saturated carbocycles. The fourth-order valence-corrected chi connectivity index (χ4v) is 1.56. The molecule has 0 aliphatic heterocycles. The summed E-state index contributed by atoms with van der Waals surface area (Å²) in [5.41, 5.74) is 0.795. The van der Waals surface area contributed by atoms with Crippen LogP contribution >= 0.6 is 11.6 Å². The van der Waals surface area contributed by atoms with Crippen molar-refractivity contribution in [3.63, 3.8) is 0 Å². The van der Waals surface area contributed by atoms with Crippen LogP contribution in [0.25, 0.3) is 11.0 Å². The highest BCUT2D eigenvalue weighted by molar-refractivity contribution is 6.32. The largest absolute Gasteiger partial charge is 0.495 e. The van der Waals surface area contributed by atoms with Gasteiger partial charge in [-0.1, -0.05) is 11.6 Å². The van der Waals surface area contributed by atoms with Gasteiger partial charge in [0.05, 0.1) is 12.1 Å². The topological polar surface area (TPSA) is 22.4 Å². The van der Waals surface area contributed by atoms with Gasteiger partial charge in [-0.05, 0) is 19.1 Å². The standard InChI is InChI=1S/C10H9ClO2/c1-6-3-7-4-10(12-2)8(11)5-9(7)13-6/h3-5H,1-2H3. The minimum atomic E-state index is 0.573. The first-order valence-corrected chi connectivity index (χ1v) is 4.32. The quantitative estimate of drug-likeness (QED) is 0.698. The predicted molar refractivity (Wildman–Crippen MR) is 52.5 cm³/mol. The summed E-state index contributed by atoms with van der Waals surface area (Å²) in [5.74, 6) is 1.55. The van der Waals surface area contributed by atoms with E-state index >= 15 is 0 Å². The van der Waals surface area contributed by atoms with Crippen LogP contribution in [0.3, 0.4) is 0 Å². The minimum absolute atomic E-state index is 0.573. The van der Waals surface area contributed by atoms with Crippen LogP contribution in [0.5, 0.6) is 5.75 Å². The lowest BCUT2D eigenvalue weighted by Gasteiger charge is -2.00. The van der Waals surface area contributed by atoms with Gasteiger partial charge >= 0.3 is 0 Å². The molecule has 1 aromatic carbocycles. The van der Waals surface area contributed by atoms with E-state index in [-0.39, 0.29) is 0 Å². The molecular weight excluding hydrogens is 188 g/mol. The van der Waals surface area contributed by atoms with Gasteiger partial charge in [0.25, 0.3) is 0 Å². The maximum absolute atomic E-state index is 5.93. The van der Waals surface area contributed by atoms with Crippen LogP contribution < -0.4 is 4.74 Å². The smallest absolute Gasteiger partial charge is 0.138 e. The lowest BCUT2D eigenvalue weighted by Crippen LogP contribution is -1.82. The second-order valence-corrected chi connectivity index (χ2v) is 3.29. The molecule has 2 rings (SSSR count). The Labute approximate surface area is 81.1 Å². The van der Waals surface area contributed by atoms with Crippen molar-refractivity contribution >= 4 is 22.6 Å². The zero-order chi connectivity index (χ0) is 9.42. The van der Waals surface area contributed by atoms with Gasteiger partial charge in [0.15, 0.2) is 0 Å². The normalized spacial score (nSPS) is 10.7. The third-order valence-electron chi connectivity index (χ3n) is 1.91. The van der Waals surface area contributed by atoms with Gasteiger partial charge in [0.1, 0.15) is 17.1 Å². The Morgan fingerprint density at radius 2 is 2.08 bits per heavy atom. The van der Waals surface area contributed by atoms with Crippen LogP contribution in [0, 0.1) is 6.92 Å². The van der Waals surface area contributed by atoms with Crippen molar-refractivity contribution in [2.45, 2.75) is 6.92 Å². The Morgan fingerprint density at radius 1 is 1.31 bits per heavy atom. The van der Waals surface area contributed by atoms with Crippen LogP contribution in [-0.2, 0) is 0 Å². The van der Waals surface area contributed by atoms with Crippen LogP contribution in [-0.4, -0.2) is 7.11 Å². The number of hydrogen-bond donors (Lipinski definition) is 0. The molecule has 2 aromatic rings. The monoisotopic (exact) mass is 196 g/mol. The lowest BCUT2D eigenvalue weighted by molar-refractivity contribution is 0.415. The number of rotatable bonds is 1. The fraction of sp³-hybridized carbons (Fsp3) is 0.200. The van der Waals surface area contributed by atoms with Crippen molar-refractivity contribution in [1.82, 2.24) is 0 Å². The van der Waals surface area contributed by atoms with Gasteiger partial charge in [-0.15, -0.1) is 0 Å². The summed E-state index contributed by atoms with van der Waals surface area (Å²) in [6, 6.07) is 5.59. The van der Waals surface area contributed by atoms with Crippen molar-refractivity contribution in [2.24, 2.45) is 0 Å². The predicted octanol–water partition coefficient (Wildman–Crippen LogP) is 3.40. The fourth-order valence-electron chi connectivity index (χ4n) is 1.33. The second-order valence-electron chi connectivity index (χ2n) is 2.88. The SMILES string of the molecule is COc1cc2cc(C)oc2cc1Cl. The molecule has 0 spiro atoms. The van der Waals surface area contributed by atoms with Crippen LogP contribution in [0.2, 0.25) is 5.02 Å². The molecular formula is C10H9ClO2. The third kappa shape index (κ3) is 1.38. The minimum Gasteiger partial charge on any atom is -0.495 e. The average molecular weight is 197 g/mol. The summed E-state index contributed by atoms with van der Waals surface area (Å²) < 4.78 is 10.5. The number of furan rings is 1. The van der Waals surface area contributed by atoms with Crippen LogP contribution in [0.4, 0.5) is 0 Å². The van der Waals surface area contributed by atoms with Crippen molar-refractivity contribution in [2.75, 3.05) is 7.11 Å².